The van der Waals surface area contributed by atoms with Gasteiger partial charge in [0.15, 0.2) is 0 Å². The van der Waals surface area contributed by atoms with Gasteiger partial charge in [0.05, 0.1) is 5.52 Å². The molecule has 3 aromatic rings. The average Bonchev–Trinajstić information content (AvgIpc) is 2.82. The Morgan fingerprint density at radius 1 is 1.00 bits per heavy atom. The Hall–Kier alpha value is -1.56. The van der Waals surface area contributed by atoms with E-state index >= 15 is 0 Å². The summed E-state index contributed by atoms with van der Waals surface area (Å²) in [5.41, 5.74) is 5.85. The Morgan fingerprint density at radius 3 is 2.50 bits per heavy atom. The molecule has 0 aliphatic carbocycles. The van der Waals surface area contributed by atoms with Crippen LogP contribution in [0.25, 0.3) is 22.1 Å². The van der Waals surface area contributed by atoms with E-state index in [9.17, 15) is 0 Å². The van der Waals surface area contributed by atoms with Crippen LogP contribution in [0.2, 0.25) is 0 Å². The minimum Gasteiger partial charge on any atom is -0.293 e. The van der Waals surface area contributed by atoms with Gasteiger partial charge in [-0.2, -0.15) is 4.37 Å². The van der Waals surface area contributed by atoms with E-state index in [1.54, 1.807) is 0 Å². The summed E-state index contributed by atoms with van der Waals surface area (Å²) in [7, 11) is 0. The Morgan fingerprint density at radius 2 is 1.71 bits per heavy atom. The Balaban J connectivity index is 2.72. The first-order valence-electron chi connectivity index (χ1n) is 4.21. The van der Waals surface area contributed by atoms with E-state index in [4.69, 9.17) is 0 Å². The van der Waals surface area contributed by atoms with Gasteiger partial charge in [-0.15, -0.1) is 10.2 Å². The Bertz CT molecular complexity index is 520. The molecule has 0 radical (unpaired) electrons. The normalized spacial score (nSPS) is 11.6. The van der Waals surface area contributed by atoms with Crippen LogP contribution in [0.3, 0.4) is 0 Å². The van der Waals surface area contributed by atoms with Crippen LogP contribution in [0.1, 0.15) is 11.1 Å². The zero-order valence-corrected chi connectivity index (χ0v) is 8.51. The van der Waals surface area contributed by atoms with Gasteiger partial charge in [-0.3, -0.25) is 4.37 Å². The minimum absolute atomic E-state index is 0.856. The van der Waals surface area contributed by atoms with Gasteiger partial charge in [0.25, 0.3) is 0 Å². The highest BCUT2D eigenvalue weighted by atomic mass is 32.1. The lowest BCUT2D eigenvalue weighted by atomic mass is 10.1. The van der Waals surface area contributed by atoms with Gasteiger partial charge in [-0.05, 0) is 19.1 Å². The summed E-state index contributed by atoms with van der Waals surface area (Å²) in [6.07, 6.45) is 0. The Kier molecular flexibility index (Phi) is 1.38. The summed E-state index contributed by atoms with van der Waals surface area (Å²) in [5, 5.41) is 11.7. The van der Waals surface area contributed by atoms with Gasteiger partial charge < -0.3 is 0 Å². The molecule has 2 heterocycles. The summed E-state index contributed by atoms with van der Waals surface area (Å²) < 4.78 is 7.44. The molecule has 0 atom stereocenters. The zero-order valence-electron chi connectivity index (χ0n) is 7.70. The lowest BCUT2D eigenvalue weighted by Gasteiger charge is -1.98. The first-order chi connectivity index (χ1) is 6.79. The number of hydrogen-bond acceptors (Lipinski definition) is 5. The lowest BCUT2D eigenvalue weighted by molar-refractivity contribution is 0.957. The molecule has 0 saturated heterocycles. The van der Waals surface area contributed by atoms with E-state index in [2.05, 4.69) is 24.2 Å². The minimum atomic E-state index is 0.856. The van der Waals surface area contributed by atoms with Crippen LogP contribution in [0.5, 0.6) is 0 Å². The maximum absolute atomic E-state index is 4.30. The molecule has 5 nitrogen and oxygen atoms in total. The van der Waals surface area contributed by atoms with Crippen molar-refractivity contribution in [3.05, 3.63) is 11.1 Å². The molecule has 0 fully saturated rings. The predicted octanol–water partition coefficient (Wildman–Crippen LogP) is 1.58. The third-order valence-electron chi connectivity index (χ3n) is 2.48. The van der Waals surface area contributed by atoms with Crippen molar-refractivity contribution in [2.75, 3.05) is 0 Å². The molecule has 0 amide bonds. The van der Waals surface area contributed by atoms with Gasteiger partial charge in [0.1, 0.15) is 16.6 Å². The second-order valence-electron chi connectivity index (χ2n) is 3.24. The molecule has 0 aliphatic rings. The number of hydrogen-bond donors (Lipinski definition) is 1. The third-order valence-corrected chi connectivity index (χ3v) is 3.05. The number of fused-ring (bicyclic) bond motifs is 2. The zero-order chi connectivity index (χ0) is 9.71. The van der Waals surface area contributed by atoms with Crippen molar-refractivity contribution >= 4 is 33.8 Å². The smallest absolute Gasteiger partial charge is 0.121 e. The second-order valence-corrected chi connectivity index (χ2v) is 3.81. The molecule has 3 rings (SSSR count). The molecular weight excluding hydrogens is 198 g/mol. The van der Waals surface area contributed by atoms with E-state index in [0.717, 1.165) is 33.2 Å². The maximum atomic E-state index is 4.30. The van der Waals surface area contributed by atoms with Gasteiger partial charge in [0, 0.05) is 22.9 Å². The quantitative estimate of drug-likeness (QED) is 0.605. The number of aromatic nitrogens is 5. The second kappa shape index (κ2) is 2.48. The van der Waals surface area contributed by atoms with Crippen molar-refractivity contribution in [2.24, 2.45) is 0 Å². The van der Waals surface area contributed by atoms with Gasteiger partial charge in [-0.25, -0.2) is 0 Å². The molecule has 0 unspecified atom stereocenters. The van der Waals surface area contributed by atoms with Crippen LogP contribution in [0.15, 0.2) is 0 Å². The summed E-state index contributed by atoms with van der Waals surface area (Å²) in [6, 6.07) is 0. The average molecular weight is 205 g/mol. The molecule has 1 N–H and O–H groups in total. The highest BCUT2D eigenvalue weighted by molar-refractivity contribution is 7.00. The SMILES string of the molecule is Cc1c2nnnc2c(C)c2[nH]snc12. The van der Waals surface area contributed by atoms with Crippen LogP contribution in [-0.2, 0) is 0 Å². The molecule has 70 valence electrons. The standard InChI is InChI=1S/C8H7N5S/c1-3-5-6(10-13-9-5)4(2)8-7(3)11-14-12-8/h11H,1-2H3. The van der Waals surface area contributed by atoms with E-state index in [1.807, 2.05) is 13.8 Å². The lowest BCUT2D eigenvalue weighted by Crippen LogP contribution is -1.86. The van der Waals surface area contributed by atoms with Gasteiger partial charge in [0.2, 0.25) is 0 Å². The largest absolute Gasteiger partial charge is 0.293 e. The van der Waals surface area contributed by atoms with E-state index in [-0.39, 0.29) is 0 Å². The fourth-order valence-electron chi connectivity index (χ4n) is 1.66. The monoisotopic (exact) mass is 205 g/mol. The fourth-order valence-corrected chi connectivity index (χ4v) is 2.37. The Labute approximate surface area is 83.5 Å². The van der Waals surface area contributed by atoms with Crippen LogP contribution >= 0.6 is 11.7 Å². The molecular formula is C8H7N5S. The topological polar surface area (TPSA) is 67.3 Å². The molecule has 1 aromatic carbocycles. The summed E-state index contributed by atoms with van der Waals surface area (Å²) >= 11 is 1.34. The van der Waals surface area contributed by atoms with E-state index < -0.39 is 0 Å². The number of nitrogens with zero attached hydrogens (tertiary/aromatic N) is 4. The summed E-state index contributed by atoms with van der Waals surface area (Å²) in [5.74, 6) is 0. The number of H-pyrrole nitrogens is 1. The summed E-state index contributed by atoms with van der Waals surface area (Å²) in [4.78, 5) is 0. The van der Waals surface area contributed by atoms with Crippen molar-refractivity contribution < 1.29 is 0 Å². The van der Waals surface area contributed by atoms with Gasteiger partial charge >= 0.3 is 0 Å². The fraction of sp³-hybridized carbons (Fsp3) is 0.250. The number of benzene rings is 1. The van der Waals surface area contributed by atoms with Crippen LogP contribution in [-0.4, -0.2) is 24.2 Å². The molecule has 6 heteroatoms. The van der Waals surface area contributed by atoms with Crippen LogP contribution in [0, 0.1) is 13.8 Å². The van der Waals surface area contributed by atoms with E-state index in [0.29, 0.717) is 0 Å². The highest BCUT2D eigenvalue weighted by Crippen LogP contribution is 2.27. The molecule has 0 bridgehead atoms. The van der Waals surface area contributed by atoms with Crippen molar-refractivity contribution in [3.8, 4) is 0 Å². The maximum Gasteiger partial charge on any atom is 0.121 e. The van der Waals surface area contributed by atoms with Crippen molar-refractivity contribution in [1.82, 2.24) is 24.2 Å². The van der Waals surface area contributed by atoms with Crippen LogP contribution < -0.4 is 0 Å². The van der Waals surface area contributed by atoms with Crippen molar-refractivity contribution in [2.45, 2.75) is 13.8 Å². The summed E-state index contributed by atoms with van der Waals surface area (Å²) in [6.45, 7) is 4.00. The van der Waals surface area contributed by atoms with Crippen molar-refractivity contribution in [1.29, 1.82) is 0 Å². The molecule has 0 saturated carbocycles. The first-order valence-corrected chi connectivity index (χ1v) is 4.98. The number of aryl methyl sites for hydroxylation is 2. The third kappa shape index (κ3) is 0.784. The highest BCUT2D eigenvalue weighted by Gasteiger charge is 2.14. The van der Waals surface area contributed by atoms with Gasteiger partial charge in [-0.1, -0.05) is 0 Å². The number of rotatable bonds is 0. The predicted molar refractivity (Wildman–Crippen MR) is 54.3 cm³/mol. The number of aromatic amines is 1. The van der Waals surface area contributed by atoms with Crippen molar-refractivity contribution in [3.63, 3.8) is 0 Å². The van der Waals surface area contributed by atoms with Crippen LogP contribution in [0.4, 0.5) is 0 Å². The molecule has 2 aromatic heterocycles. The molecule has 0 spiro atoms. The van der Waals surface area contributed by atoms with E-state index in [1.165, 1.54) is 11.7 Å². The molecule has 0 aliphatic heterocycles. The number of nitrogens with one attached hydrogen (secondary N) is 1. The first kappa shape index (κ1) is 7.81. The molecule has 14 heavy (non-hydrogen) atoms.